The molecule has 1 spiro atoms. The maximum Gasteiger partial charge on any atom is 0.208 e. The van der Waals surface area contributed by atoms with E-state index in [4.69, 9.17) is 5.84 Å². The number of nitrogens with zero attached hydrogens (tertiary/aromatic N) is 2. The Hall–Kier alpha value is -0.770. The summed E-state index contributed by atoms with van der Waals surface area (Å²) in [5, 5.41) is 0. The first kappa shape index (κ1) is 13.7. The molecule has 0 unspecified atom stereocenters. The summed E-state index contributed by atoms with van der Waals surface area (Å²) in [5.74, 6) is 7.08. The van der Waals surface area contributed by atoms with Gasteiger partial charge in [-0.2, -0.15) is 0 Å². The average Bonchev–Trinajstić information content (AvgIpc) is 2.80. The highest BCUT2D eigenvalue weighted by atomic mass is 15.4. The van der Waals surface area contributed by atoms with Gasteiger partial charge in [0.25, 0.3) is 0 Å². The van der Waals surface area contributed by atoms with Crippen LogP contribution in [0.25, 0.3) is 0 Å². The van der Waals surface area contributed by atoms with Gasteiger partial charge in [-0.15, -0.1) is 0 Å². The molecule has 2 aliphatic rings. The minimum atomic E-state index is 0.583. The molecule has 0 bridgehead atoms. The Labute approximate surface area is 111 Å². The van der Waals surface area contributed by atoms with E-state index in [1.165, 1.54) is 38.5 Å². The SMILES string of the molecule is CC(C)CN=C(NN)N1CCC2(CCCC2)CC1. The summed E-state index contributed by atoms with van der Waals surface area (Å²) in [6.45, 7) is 7.44. The molecule has 2 fully saturated rings. The van der Waals surface area contributed by atoms with E-state index < -0.39 is 0 Å². The quantitative estimate of drug-likeness (QED) is 0.342. The number of hydrazine groups is 1. The van der Waals surface area contributed by atoms with E-state index >= 15 is 0 Å². The van der Waals surface area contributed by atoms with E-state index in [1.807, 2.05) is 0 Å². The smallest absolute Gasteiger partial charge is 0.208 e. The Bertz CT molecular complexity index is 282. The van der Waals surface area contributed by atoms with Crippen LogP contribution in [0.3, 0.4) is 0 Å². The van der Waals surface area contributed by atoms with Crippen molar-refractivity contribution in [3.63, 3.8) is 0 Å². The maximum absolute atomic E-state index is 5.61. The molecule has 4 nitrogen and oxygen atoms in total. The number of aliphatic imine (C=N–C) groups is 1. The lowest BCUT2D eigenvalue weighted by Gasteiger charge is -2.40. The van der Waals surface area contributed by atoms with Crippen LogP contribution in [0.15, 0.2) is 4.99 Å². The van der Waals surface area contributed by atoms with E-state index in [2.05, 4.69) is 29.2 Å². The number of guanidine groups is 1. The molecule has 0 aromatic carbocycles. The third-order valence-electron chi connectivity index (χ3n) is 4.52. The zero-order valence-electron chi connectivity index (χ0n) is 11.9. The number of rotatable bonds is 2. The lowest BCUT2D eigenvalue weighted by Crippen LogP contribution is -2.50. The summed E-state index contributed by atoms with van der Waals surface area (Å²) in [6, 6.07) is 0. The van der Waals surface area contributed by atoms with E-state index in [0.29, 0.717) is 11.3 Å². The molecular weight excluding hydrogens is 224 g/mol. The number of likely N-dealkylation sites (tertiary alicyclic amines) is 1. The molecule has 0 atom stereocenters. The monoisotopic (exact) mass is 252 g/mol. The number of hydrogen-bond donors (Lipinski definition) is 2. The van der Waals surface area contributed by atoms with Gasteiger partial charge in [0.05, 0.1) is 0 Å². The Morgan fingerprint density at radius 1 is 1.22 bits per heavy atom. The Morgan fingerprint density at radius 2 is 1.83 bits per heavy atom. The first-order valence-corrected chi connectivity index (χ1v) is 7.41. The summed E-state index contributed by atoms with van der Waals surface area (Å²) in [5.41, 5.74) is 3.44. The van der Waals surface area contributed by atoms with Gasteiger partial charge >= 0.3 is 0 Å². The summed E-state index contributed by atoms with van der Waals surface area (Å²) in [4.78, 5) is 6.91. The van der Waals surface area contributed by atoms with Crippen LogP contribution in [0.2, 0.25) is 0 Å². The molecule has 0 aromatic heterocycles. The van der Waals surface area contributed by atoms with Crippen molar-refractivity contribution in [2.75, 3.05) is 19.6 Å². The van der Waals surface area contributed by atoms with Crippen LogP contribution in [-0.2, 0) is 0 Å². The molecule has 18 heavy (non-hydrogen) atoms. The molecule has 1 aliphatic carbocycles. The highest BCUT2D eigenvalue weighted by Crippen LogP contribution is 2.45. The third-order valence-corrected chi connectivity index (χ3v) is 4.52. The standard InChI is InChI=1S/C14H28N4/c1-12(2)11-16-13(17-15)18-9-7-14(8-10-18)5-3-4-6-14/h12H,3-11,15H2,1-2H3,(H,16,17). The molecule has 104 valence electrons. The fourth-order valence-corrected chi connectivity index (χ4v) is 3.32. The fourth-order valence-electron chi connectivity index (χ4n) is 3.32. The van der Waals surface area contributed by atoms with E-state index in [0.717, 1.165) is 25.6 Å². The Kier molecular flexibility index (Phi) is 4.49. The predicted molar refractivity (Wildman–Crippen MR) is 76.2 cm³/mol. The molecule has 0 radical (unpaired) electrons. The van der Waals surface area contributed by atoms with Gasteiger partial charge in [-0.25, -0.2) is 5.84 Å². The normalized spacial score (nSPS) is 24.0. The fraction of sp³-hybridized carbons (Fsp3) is 0.929. The topological polar surface area (TPSA) is 53.6 Å². The Balaban J connectivity index is 1.89. The molecule has 1 saturated carbocycles. The van der Waals surface area contributed by atoms with Crippen LogP contribution < -0.4 is 11.3 Å². The summed E-state index contributed by atoms with van der Waals surface area (Å²) in [7, 11) is 0. The minimum Gasteiger partial charge on any atom is -0.342 e. The van der Waals surface area contributed by atoms with Gasteiger partial charge in [-0.05, 0) is 37.0 Å². The average molecular weight is 252 g/mol. The van der Waals surface area contributed by atoms with Crippen LogP contribution in [0.1, 0.15) is 52.4 Å². The zero-order valence-corrected chi connectivity index (χ0v) is 11.9. The van der Waals surface area contributed by atoms with Crippen molar-refractivity contribution in [2.45, 2.75) is 52.4 Å². The van der Waals surface area contributed by atoms with Crippen LogP contribution in [0.4, 0.5) is 0 Å². The second kappa shape index (κ2) is 5.91. The van der Waals surface area contributed by atoms with Gasteiger partial charge in [-0.1, -0.05) is 26.7 Å². The number of nitrogens with one attached hydrogen (secondary N) is 1. The third kappa shape index (κ3) is 3.16. The second-order valence-corrected chi connectivity index (χ2v) is 6.40. The van der Waals surface area contributed by atoms with Crippen molar-refractivity contribution in [1.82, 2.24) is 10.3 Å². The van der Waals surface area contributed by atoms with Crippen molar-refractivity contribution >= 4 is 5.96 Å². The van der Waals surface area contributed by atoms with E-state index in [9.17, 15) is 0 Å². The predicted octanol–water partition coefficient (Wildman–Crippen LogP) is 2.12. The van der Waals surface area contributed by atoms with Crippen LogP contribution in [0.5, 0.6) is 0 Å². The highest BCUT2D eigenvalue weighted by molar-refractivity contribution is 5.79. The zero-order chi connectivity index (χ0) is 13.0. The van der Waals surface area contributed by atoms with Crippen LogP contribution >= 0.6 is 0 Å². The lowest BCUT2D eigenvalue weighted by atomic mass is 9.77. The lowest BCUT2D eigenvalue weighted by molar-refractivity contribution is 0.151. The van der Waals surface area contributed by atoms with Crippen molar-refractivity contribution in [3.8, 4) is 0 Å². The summed E-state index contributed by atoms with van der Waals surface area (Å²) < 4.78 is 0. The van der Waals surface area contributed by atoms with Crippen LogP contribution in [-0.4, -0.2) is 30.5 Å². The molecule has 4 heteroatoms. The van der Waals surface area contributed by atoms with Gasteiger partial charge in [0.2, 0.25) is 5.96 Å². The van der Waals surface area contributed by atoms with E-state index in [-0.39, 0.29) is 0 Å². The van der Waals surface area contributed by atoms with Crippen molar-refractivity contribution in [2.24, 2.45) is 22.2 Å². The van der Waals surface area contributed by atoms with E-state index in [1.54, 1.807) is 0 Å². The number of nitrogens with two attached hydrogens (primary N) is 1. The van der Waals surface area contributed by atoms with Gasteiger partial charge in [0.1, 0.15) is 0 Å². The summed E-state index contributed by atoms with van der Waals surface area (Å²) >= 11 is 0. The molecule has 1 saturated heterocycles. The first-order valence-electron chi connectivity index (χ1n) is 7.41. The summed E-state index contributed by atoms with van der Waals surface area (Å²) in [6.07, 6.45) is 8.38. The molecule has 0 amide bonds. The molecule has 3 N–H and O–H groups in total. The first-order chi connectivity index (χ1) is 8.65. The largest absolute Gasteiger partial charge is 0.342 e. The second-order valence-electron chi connectivity index (χ2n) is 6.40. The Morgan fingerprint density at radius 3 is 2.33 bits per heavy atom. The molecule has 1 aliphatic heterocycles. The highest BCUT2D eigenvalue weighted by Gasteiger charge is 2.37. The number of piperidine rings is 1. The van der Waals surface area contributed by atoms with Gasteiger partial charge < -0.3 is 4.90 Å². The number of hydrogen-bond acceptors (Lipinski definition) is 2. The maximum atomic E-state index is 5.61. The molecule has 0 aromatic rings. The van der Waals surface area contributed by atoms with Crippen LogP contribution in [0, 0.1) is 11.3 Å². The van der Waals surface area contributed by atoms with Gasteiger partial charge in [0, 0.05) is 19.6 Å². The van der Waals surface area contributed by atoms with Crippen molar-refractivity contribution < 1.29 is 0 Å². The molecular formula is C14H28N4. The van der Waals surface area contributed by atoms with Crippen molar-refractivity contribution in [1.29, 1.82) is 0 Å². The molecule has 2 rings (SSSR count). The van der Waals surface area contributed by atoms with Crippen molar-refractivity contribution in [3.05, 3.63) is 0 Å². The minimum absolute atomic E-state index is 0.583. The van der Waals surface area contributed by atoms with Gasteiger partial charge in [-0.3, -0.25) is 10.4 Å². The molecule has 1 heterocycles. The van der Waals surface area contributed by atoms with Gasteiger partial charge in [0.15, 0.2) is 0 Å².